The summed E-state index contributed by atoms with van der Waals surface area (Å²) in [7, 11) is 0. The molecule has 0 saturated heterocycles. The van der Waals surface area contributed by atoms with Crippen molar-refractivity contribution in [3.05, 3.63) is 0 Å². The molecule has 0 rings (SSSR count). The second-order valence-electron chi connectivity index (χ2n) is 2.29. The van der Waals surface area contributed by atoms with Crippen molar-refractivity contribution in [1.29, 1.82) is 0 Å². The third-order valence-corrected chi connectivity index (χ3v) is 2.02. The average molecular weight is 169 g/mol. The molecule has 0 spiro atoms. The van der Waals surface area contributed by atoms with Gasteiger partial charge in [0.25, 0.3) is 0 Å². The highest BCUT2D eigenvalue weighted by molar-refractivity contribution is 6.49. The minimum Gasteiger partial charge on any atom is -0.300 e. The van der Waals surface area contributed by atoms with Crippen LogP contribution >= 0.6 is 23.2 Å². The van der Waals surface area contributed by atoms with Crippen LogP contribution in [0.1, 0.15) is 20.8 Å². The zero-order valence-corrected chi connectivity index (χ0v) is 7.25. The summed E-state index contributed by atoms with van der Waals surface area (Å²) in [6.45, 7) is 4.80. The van der Waals surface area contributed by atoms with Gasteiger partial charge in [-0.05, 0) is 13.8 Å². The van der Waals surface area contributed by atoms with Crippen LogP contribution in [0.25, 0.3) is 0 Å². The molecule has 0 fully saturated rings. The van der Waals surface area contributed by atoms with E-state index in [1.54, 1.807) is 13.8 Å². The summed E-state index contributed by atoms with van der Waals surface area (Å²) < 4.78 is -0.925. The number of halogens is 2. The second kappa shape index (κ2) is 2.89. The molecule has 0 aromatic carbocycles. The summed E-state index contributed by atoms with van der Waals surface area (Å²) in [5.41, 5.74) is 0. The van der Waals surface area contributed by atoms with Crippen molar-refractivity contribution >= 4 is 29.0 Å². The normalized spacial score (nSPS) is 15.2. The minimum atomic E-state index is -0.925. The third kappa shape index (κ3) is 3.07. The lowest BCUT2D eigenvalue weighted by Gasteiger charge is -2.18. The molecule has 9 heavy (non-hydrogen) atoms. The van der Waals surface area contributed by atoms with Gasteiger partial charge in [-0.2, -0.15) is 0 Å². The highest BCUT2D eigenvalue weighted by Gasteiger charge is 2.28. The maximum atomic E-state index is 10.6. The fraction of sp³-hybridized carbons (Fsp3) is 0.833. The Kier molecular flexibility index (Phi) is 2.97. The lowest BCUT2D eigenvalue weighted by Crippen LogP contribution is -2.24. The molecular formula is C6H10Cl2O. The SMILES string of the molecule is CC(=O)C(C)C(C)(Cl)Cl. The molecule has 0 amide bonds. The fourth-order valence-electron chi connectivity index (χ4n) is 0.357. The van der Waals surface area contributed by atoms with Crippen molar-refractivity contribution in [1.82, 2.24) is 0 Å². The summed E-state index contributed by atoms with van der Waals surface area (Å²) in [6.07, 6.45) is 0. The topological polar surface area (TPSA) is 17.1 Å². The predicted molar refractivity (Wildman–Crippen MR) is 40.0 cm³/mol. The van der Waals surface area contributed by atoms with Crippen LogP contribution < -0.4 is 0 Å². The van der Waals surface area contributed by atoms with Crippen LogP contribution in [0.5, 0.6) is 0 Å². The van der Waals surface area contributed by atoms with Crippen molar-refractivity contribution in [3.63, 3.8) is 0 Å². The quantitative estimate of drug-likeness (QED) is 0.580. The number of hydrogen-bond donors (Lipinski definition) is 0. The molecule has 0 bridgehead atoms. The molecule has 1 unspecified atom stereocenters. The van der Waals surface area contributed by atoms with Gasteiger partial charge in [-0.3, -0.25) is 4.79 Å². The molecule has 1 atom stereocenters. The van der Waals surface area contributed by atoms with E-state index in [1.807, 2.05) is 0 Å². The molecule has 54 valence electrons. The maximum Gasteiger partial charge on any atom is 0.135 e. The Morgan fingerprint density at radius 2 is 1.89 bits per heavy atom. The van der Waals surface area contributed by atoms with E-state index in [1.165, 1.54) is 6.92 Å². The number of carbonyl (C=O) groups excluding carboxylic acids is 1. The van der Waals surface area contributed by atoms with Gasteiger partial charge in [0.1, 0.15) is 10.1 Å². The van der Waals surface area contributed by atoms with Crippen LogP contribution in [0.4, 0.5) is 0 Å². The van der Waals surface area contributed by atoms with Gasteiger partial charge in [0.05, 0.1) is 0 Å². The lowest BCUT2D eigenvalue weighted by atomic mass is 10.0. The molecule has 0 aromatic heterocycles. The first kappa shape index (κ1) is 9.25. The first-order valence-corrected chi connectivity index (χ1v) is 3.49. The monoisotopic (exact) mass is 168 g/mol. The molecule has 0 saturated carbocycles. The fourth-order valence-corrected chi connectivity index (χ4v) is 0.664. The summed E-state index contributed by atoms with van der Waals surface area (Å²) in [4.78, 5) is 10.6. The zero-order valence-electron chi connectivity index (χ0n) is 5.74. The van der Waals surface area contributed by atoms with E-state index in [4.69, 9.17) is 23.2 Å². The second-order valence-corrected chi connectivity index (χ2v) is 4.05. The van der Waals surface area contributed by atoms with Crippen molar-refractivity contribution in [2.45, 2.75) is 25.1 Å². The molecule has 1 nitrogen and oxygen atoms in total. The van der Waals surface area contributed by atoms with Gasteiger partial charge in [0.2, 0.25) is 0 Å². The molecule has 0 aromatic rings. The van der Waals surface area contributed by atoms with E-state index < -0.39 is 4.33 Å². The number of Topliss-reactive ketones (excluding diaryl/α,β-unsaturated/α-hetero) is 1. The van der Waals surface area contributed by atoms with E-state index in [-0.39, 0.29) is 11.7 Å². The lowest BCUT2D eigenvalue weighted by molar-refractivity contribution is -0.120. The van der Waals surface area contributed by atoms with E-state index in [0.29, 0.717) is 0 Å². The molecule has 0 aliphatic rings. The van der Waals surface area contributed by atoms with Crippen LogP contribution in [0.3, 0.4) is 0 Å². The Bertz CT molecular complexity index is 115. The van der Waals surface area contributed by atoms with E-state index in [9.17, 15) is 4.79 Å². The van der Waals surface area contributed by atoms with Crippen LogP contribution in [0, 0.1) is 5.92 Å². The summed E-state index contributed by atoms with van der Waals surface area (Å²) in [5, 5.41) is 0. The molecular weight excluding hydrogens is 159 g/mol. The Morgan fingerprint density at radius 1 is 1.56 bits per heavy atom. The highest BCUT2D eigenvalue weighted by Crippen LogP contribution is 2.29. The highest BCUT2D eigenvalue weighted by atomic mass is 35.5. The van der Waals surface area contributed by atoms with Crippen molar-refractivity contribution in [3.8, 4) is 0 Å². The first-order valence-electron chi connectivity index (χ1n) is 2.74. The van der Waals surface area contributed by atoms with Crippen molar-refractivity contribution in [2.75, 3.05) is 0 Å². The van der Waals surface area contributed by atoms with Gasteiger partial charge in [-0.15, -0.1) is 23.2 Å². The molecule has 0 radical (unpaired) electrons. The third-order valence-electron chi connectivity index (χ3n) is 1.37. The number of ketones is 1. The predicted octanol–water partition coefficient (Wildman–Crippen LogP) is 2.41. The summed E-state index contributed by atoms with van der Waals surface area (Å²) >= 11 is 11.2. The number of alkyl halides is 2. The van der Waals surface area contributed by atoms with Gasteiger partial charge in [-0.25, -0.2) is 0 Å². The first-order chi connectivity index (χ1) is 3.85. The number of rotatable bonds is 2. The zero-order chi connectivity index (χ0) is 7.65. The Balaban J connectivity index is 4.04. The molecule has 0 heterocycles. The average Bonchev–Trinajstić information content (AvgIpc) is 1.62. The van der Waals surface area contributed by atoms with Crippen molar-refractivity contribution in [2.24, 2.45) is 5.92 Å². The number of hydrogen-bond acceptors (Lipinski definition) is 1. The van der Waals surface area contributed by atoms with E-state index >= 15 is 0 Å². The van der Waals surface area contributed by atoms with Gasteiger partial charge >= 0.3 is 0 Å². The smallest absolute Gasteiger partial charge is 0.135 e. The van der Waals surface area contributed by atoms with Crippen LogP contribution in [0.15, 0.2) is 0 Å². The van der Waals surface area contributed by atoms with Gasteiger partial charge in [0.15, 0.2) is 0 Å². The molecule has 3 heteroatoms. The van der Waals surface area contributed by atoms with Gasteiger partial charge < -0.3 is 0 Å². The van der Waals surface area contributed by atoms with E-state index in [2.05, 4.69) is 0 Å². The molecule has 0 aliphatic heterocycles. The Labute approximate surface area is 65.3 Å². The number of carbonyl (C=O) groups is 1. The Hall–Kier alpha value is 0.250. The van der Waals surface area contributed by atoms with E-state index in [0.717, 1.165) is 0 Å². The van der Waals surface area contributed by atoms with Crippen LogP contribution in [0.2, 0.25) is 0 Å². The standard InChI is InChI=1S/C6H10Cl2O/c1-4(5(2)9)6(3,7)8/h4H,1-3H3. The van der Waals surface area contributed by atoms with Crippen LogP contribution in [-0.2, 0) is 4.79 Å². The maximum absolute atomic E-state index is 10.6. The summed E-state index contributed by atoms with van der Waals surface area (Å²) in [5.74, 6) is -0.275. The molecule has 0 aliphatic carbocycles. The van der Waals surface area contributed by atoms with Crippen molar-refractivity contribution < 1.29 is 4.79 Å². The minimum absolute atomic E-state index is 0.0162. The summed E-state index contributed by atoms with van der Waals surface area (Å²) in [6, 6.07) is 0. The Morgan fingerprint density at radius 3 is 1.89 bits per heavy atom. The van der Waals surface area contributed by atoms with Crippen LogP contribution in [-0.4, -0.2) is 10.1 Å². The van der Waals surface area contributed by atoms with Gasteiger partial charge in [0, 0.05) is 5.92 Å². The molecule has 0 N–H and O–H groups in total. The van der Waals surface area contributed by atoms with Gasteiger partial charge in [-0.1, -0.05) is 6.92 Å². The largest absolute Gasteiger partial charge is 0.300 e.